The van der Waals surface area contributed by atoms with Gasteiger partial charge in [-0.15, -0.1) is 0 Å². The van der Waals surface area contributed by atoms with E-state index in [1.807, 2.05) is 55.4 Å². The van der Waals surface area contributed by atoms with Gasteiger partial charge in [0.15, 0.2) is 0 Å². The van der Waals surface area contributed by atoms with Crippen molar-refractivity contribution in [2.45, 2.75) is 140 Å². The Morgan fingerprint density at radius 2 is 0.877 bits per heavy atom. The van der Waals surface area contributed by atoms with Gasteiger partial charge in [0.25, 0.3) is 0 Å². The molecule has 1 nitrogen and oxygen atoms in total. The summed E-state index contributed by atoms with van der Waals surface area (Å²) in [5.41, 5.74) is -3.25. The first kappa shape index (κ1) is 22.3. The maximum atomic E-state index is 10.3. The summed E-state index contributed by atoms with van der Waals surface area (Å²) >= 11 is 0. The smallest absolute Gasteiger partial charge is 0.0648 e. The number of rotatable bonds is 4. The molecule has 5 aromatic rings. The van der Waals surface area contributed by atoms with Crippen molar-refractivity contribution >= 4 is 17.1 Å². The zero-order valence-corrected chi connectivity index (χ0v) is 34.6. The first-order chi connectivity index (χ1) is 34.3. The molecule has 1 spiro atoms. The third kappa shape index (κ3) is 5.18. The molecule has 7 aliphatic carbocycles. The second kappa shape index (κ2) is 12.0. The van der Waals surface area contributed by atoms with Crippen molar-refractivity contribution in [1.82, 2.24) is 0 Å². The van der Waals surface area contributed by atoms with Crippen molar-refractivity contribution in [1.29, 1.82) is 0 Å². The van der Waals surface area contributed by atoms with Crippen molar-refractivity contribution in [3.8, 4) is 22.3 Å². The molecule has 0 saturated heterocycles. The standard InChI is InChI=1S/C56H63N/c1-52(2)23-25-54(5,6)50-33-42(18-21-47(50)52)57(43-19-22-48-51(34-43)55(7,8)26-24-53(48,3)4)41-16-13-37(14-17-41)38-15-20-45-44-11-9-10-12-46(44)56(49(45)32-38)39-28-35-27-36(30-39)31-40(56)29-35/h9-22,32-36,39-40H,23-31H2,1-8H3/i9D,10D,11D,12D,13D,14D,15D,16D,17D,18D,19D,20D,21D,22D,32D,33D,34D. The van der Waals surface area contributed by atoms with E-state index in [4.69, 9.17) is 2.74 Å². The van der Waals surface area contributed by atoms with Crippen LogP contribution in [0.1, 0.15) is 170 Å². The van der Waals surface area contributed by atoms with Crippen LogP contribution in [0.15, 0.2) is 103 Å². The molecule has 0 unspecified atom stereocenters. The van der Waals surface area contributed by atoms with Crippen molar-refractivity contribution in [3.63, 3.8) is 0 Å². The molecule has 4 bridgehead atoms. The number of nitrogens with zero attached hydrogens (tertiary/aromatic N) is 1. The summed E-state index contributed by atoms with van der Waals surface area (Å²) in [5.74, 6) is 0.450. The Morgan fingerprint density at radius 3 is 1.42 bits per heavy atom. The summed E-state index contributed by atoms with van der Waals surface area (Å²) in [6, 6.07) is -7.82. The summed E-state index contributed by atoms with van der Waals surface area (Å²) in [7, 11) is 0. The first-order valence-corrected chi connectivity index (χ1v) is 21.2. The van der Waals surface area contributed by atoms with Crippen LogP contribution < -0.4 is 4.90 Å². The molecule has 0 aromatic heterocycles. The molecule has 0 radical (unpaired) electrons. The van der Waals surface area contributed by atoms with Gasteiger partial charge in [-0.1, -0.05) is 116 Å². The number of benzene rings is 5. The molecule has 4 saturated carbocycles. The highest BCUT2D eigenvalue weighted by Crippen LogP contribution is 2.69. The van der Waals surface area contributed by atoms with Gasteiger partial charge in [-0.3, -0.25) is 0 Å². The van der Waals surface area contributed by atoms with Gasteiger partial charge in [0.05, 0.1) is 23.3 Å². The summed E-state index contributed by atoms with van der Waals surface area (Å²) in [5, 5.41) is 0. The molecule has 1 heteroatoms. The minimum Gasteiger partial charge on any atom is -0.310 e. The monoisotopic (exact) mass is 767 g/mol. The Balaban J connectivity index is 1.25. The Kier molecular flexibility index (Phi) is 4.69. The van der Waals surface area contributed by atoms with E-state index < -0.39 is 98.7 Å². The minimum atomic E-state index is -1.14. The number of hydrogen-bond acceptors (Lipinski definition) is 1. The van der Waals surface area contributed by atoms with Crippen molar-refractivity contribution in [2.24, 2.45) is 23.7 Å². The van der Waals surface area contributed by atoms with Crippen LogP contribution in [0, 0.1) is 23.7 Å². The highest BCUT2D eigenvalue weighted by Gasteiger charge is 2.61. The SMILES string of the molecule is [2H]c1c([2H])c([2H])c2c(c1[2H])-c1c([2H])c([2H])c(-c3c([2H])c([2H])c(N(c4c([2H])c([2H])c5c(c4[2H])C(C)(C)CCC5(C)C)c4c([2H])c([2H])c5c(c4[2H])C(C)(C)CCC5(C)C)c([2H])c3[2H])c([2H])c1C21C2CC3CC(C2)CC1C3. The van der Waals surface area contributed by atoms with Crippen LogP contribution in [0.2, 0.25) is 0 Å². The van der Waals surface area contributed by atoms with Gasteiger partial charge in [0.1, 0.15) is 0 Å². The highest BCUT2D eigenvalue weighted by molar-refractivity contribution is 5.86. The fraction of sp³-hybridized carbons (Fsp3) is 0.464. The van der Waals surface area contributed by atoms with Gasteiger partial charge >= 0.3 is 0 Å². The molecular weight excluding hydrogens is 687 g/mol. The van der Waals surface area contributed by atoms with Crippen LogP contribution >= 0.6 is 0 Å². The lowest BCUT2D eigenvalue weighted by Crippen LogP contribution is -2.55. The molecule has 0 aliphatic heterocycles. The fourth-order valence-electron chi connectivity index (χ4n) is 12.4. The van der Waals surface area contributed by atoms with Crippen molar-refractivity contribution < 1.29 is 23.3 Å². The van der Waals surface area contributed by atoms with Crippen molar-refractivity contribution in [3.05, 3.63) is 136 Å². The van der Waals surface area contributed by atoms with E-state index in [1.165, 1.54) is 0 Å². The zero-order chi connectivity index (χ0) is 54.1. The Labute approximate surface area is 367 Å². The maximum absolute atomic E-state index is 10.3. The molecule has 292 valence electrons. The van der Waals surface area contributed by atoms with Crippen LogP contribution in [0.25, 0.3) is 22.3 Å². The van der Waals surface area contributed by atoms with Gasteiger partial charge < -0.3 is 4.90 Å². The molecule has 57 heavy (non-hydrogen) atoms. The summed E-state index contributed by atoms with van der Waals surface area (Å²) in [6.45, 7) is 15.6. The van der Waals surface area contributed by atoms with Crippen LogP contribution in [-0.4, -0.2) is 0 Å². The second-order valence-corrected chi connectivity index (χ2v) is 21.0. The van der Waals surface area contributed by atoms with Gasteiger partial charge in [0, 0.05) is 22.5 Å². The lowest BCUT2D eigenvalue weighted by Gasteiger charge is -2.61. The van der Waals surface area contributed by atoms with E-state index in [2.05, 4.69) is 0 Å². The molecule has 4 fully saturated rings. The second-order valence-electron chi connectivity index (χ2n) is 21.0. The normalized spacial score (nSPS) is 32.9. The van der Waals surface area contributed by atoms with Gasteiger partial charge in [-0.2, -0.15) is 0 Å². The Hall–Kier alpha value is -4.10. The average molecular weight is 767 g/mol. The van der Waals surface area contributed by atoms with Crippen LogP contribution in [0.4, 0.5) is 17.1 Å². The fourth-order valence-corrected chi connectivity index (χ4v) is 12.4. The summed E-state index contributed by atoms with van der Waals surface area (Å²) < 4.78 is 165. The zero-order valence-electron chi connectivity index (χ0n) is 51.6. The lowest BCUT2D eigenvalue weighted by molar-refractivity contribution is -0.0399. The quantitative estimate of drug-likeness (QED) is 0.176. The Morgan fingerprint density at radius 1 is 0.421 bits per heavy atom. The van der Waals surface area contributed by atoms with Crippen LogP contribution in [0.3, 0.4) is 0 Å². The molecular formula is C56H63N. The van der Waals surface area contributed by atoms with Gasteiger partial charge in [-0.05, 0) is 201 Å². The van der Waals surface area contributed by atoms with Crippen LogP contribution in [-0.2, 0) is 27.1 Å². The third-order valence-corrected chi connectivity index (χ3v) is 15.6. The lowest BCUT2D eigenvalue weighted by atomic mass is 9.43. The number of hydrogen-bond donors (Lipinski definition) is 0. The minimum absolute atomic E-state index is 0.0718. The highest BCUT2D eigenvalue weighted by atomic mass is 15.1. The summed E-state index contributed by atoms with van der Waals surface area (Å²) in [6.07, 6.45) is 6.55. The molecule has 0 N–H and O–H groups in total. The summed E-state index contributed by atoms with van der Waals surface area (Å²) in [4.78, 5) is 1.08. The molecule has 0 heterocycles. The van der Waals surface area contributed by atoms with E-state index in [0.717, 1.165) is 37.0 Å². The third-order valence-electron chi connectivity index (χ3n) is 15.6. The molecule has 12 rings (SSSR count). The van der Waals surface area contributed by atoms with E-state index >= 15 is 0 Å². The first-order valence-electron chi connectivity index (χ1n) is 29.7. The number of anilines is 3. The van der Waals surface area contributed by atoms with Gasteiger partial charge in [0.2, 0.25) is 0 Å². The van der Waals surface area contributed by atoms with E-state index in [1.54, 1.807) is 0 Å². The van der Waals surface area contributed by atoms with Crippen LogP contribution in [0.5, 0.6) is 0 Å². The predicted molar refractivity (Wildman–Crippen MR) is 240 cm³/mol. The van der Waals surface area contributed by atoms with Gasteiger partial charge in [-0.25, -0.2) is 0 Å². The van der Waals surface area contributed by atoms with E-state index in [9.17, 15) is 20.6 Å². The maximum Gasteiger partial charge on any atom is 0.0648 e. The van der Waals surface area contributed by atoms with E-state index in [-0.39, 0.29) is 87.8 Å². The van der Waals surface area contributed by atoms with Crippen molar-refractivity contribution in [2.75, 3.05) is 4.90 Å². The molecule has 5 aromatic carbocycles. The predicted octanol–water partition coefficient (Wildman–Crippen LogP) is 15.2. The largest absolute Gasteiger partial charge is 0.310 e. The Bertz CT molecular complexity index is 3250. The number of fused-ring (bicyclic) bond motifs is 5. The molecule has 7 aliphatic rings. The average Bonchev–Trinajstić information content (AvgIpc) is 3.67. The topological polar surface area (TPSA) is 3.24 Å². The molecule has 0 atom stereocenters. The van der Waals surface area contributed by atoms with E-state index in [0.29, 0.717) is 65.3 Å². The molecule has 0 amide bonds.